The fraction of sp³-hybridized carbons (Fsp3) is 0.160. The number of rotatable bonds is 6. The zero-order chi connectivity index (χ0) is 23.8. The summed E-state index contributed by atoms with van der Waals surface area (Å²) in [7, 11) is 0.466. The summed E-state index contributed by atoms with van der Waals surface area (Å²) in [6.07, 6.45) is 0. The van der Waals surface area contributed by atoms with Crippen LogP contribution in [0.2, 0.25) is 0 Å². The van der Waals surface area contributed by atoms with E-state index in [1.54, 1.807) is 68.8 Å². The topological polar surface area (TPSA) is 83.8 Å². The van der Waals surface area contributed by atoms with Crippen molar-refractivity contribution in [3.05, 3.63) is 82.6 Å². The van der Waals surface area contributed by atoms with Gasteiger partial charge in [0, 0.05) is 18.5 Å². The van der Waals surface area contributed by atoms with Gasteiger partial charge < -0.3 is 18.2 Å². The van der Waals surface area contributed by atoms with Gasteiger partial charge in [0.2, 0.25) is 0 Å². The SMILES string of the molecule is COc1ccc(-c2c(OS(=O)(=O)c3ccc(C)cc3)c3ccc(OC)cc3n(C)c2=O)cc1. The Kier molecular flexibility index (Phi) is 5.86. The highest BCUT2D eigenvalue weighted by Crippen LogP contribution is 2.37. The Morgan fingerprint density at radius 2 is 1.42 bits per heavy atom. The number of methoxy groups -OCH3 is 2. The summed E-state index contributed by atoms with van der Waals surface area (Å²) in [6.45, 7) is 1.86. The summed E-state index contributed by atoms with van der Waals surface area (Å²) < 4.78 is 44.0. The Hall–Kier alpha value is -3.78. The molecule has 0 bridgehead atoms. The molecule has 8 heteroatoms. The van der Waals surface area contributed by atoms with Crippen LogP contribution in [-0.4, -0.2) is 27.2 Å². The summed E-state index contributed by atoms with van der Waals surface area (Å²) >= 11 is 0. The Morgan fingerprint density at radius 3 is 2.03 bits per heavy atom. The molecule has 4 aromatic rings. The molecule has 0 radical (unpaired) electrons. The van der Waals surface area contributed by atoms with Gasteiger partial charge >= 0.3 is 10.1 Å². The van der Waals surface area contributed by atoms with Crippen LogP contribution in [0.25, 0.3) is 22.0 Å². The maximum atomic E-state index is 13.4. The highest BCUT2D eigenvalue weighted by molar-refractivity contribution is 7.87. The van der Waals surface area contributed by atoms with Gasteiger partial charge in [-0.15, -0.1) is 0 Å². The lowest BCUT2D eigenvalue weighted by atomic mass is 10.0. The molecule has 0 aliphatic rings. The molecule has 1 aromatic heterocycles. The highest BCUT2D eigenvalue weighted by Gasteiger charge is 2.25. The molecular formula is C25H23NO6S. The minimum Gasteiger partial charge on any atom is -0.497 e. The molecule has 33 heavy (non-hydrogen) atoms. The van der Waals surface area contributed by atoms with Crippen LogP contribution < -0.4 is 19.2 Å². The Balaban J connectivity index is 2.01. The van der Waals surface area contributed by atoms with E-state index in [1.807, 2.05) is 6.92 Å². The van der Waals surface area contributed by atoms with Gasteiger partial charge in [0.1, 0.15) is 16.4 Å². The molecule has 0 fully saturated rings. The van der Waals surface area contributed by atoms with Crippen LogP contribution in [-0.2, 0) is 17.2 Å². The maximum absolute atomic E-state index is 13.4. The Labute approximate surface area is 191 Å². The first kappa shape index (κ1) is 22.4. The first-order valence-corrected chi connectivity index (χ1v) is 11.5. The molecule has 170 valence electrons. The van der Waals surface area contributed by atoms with E-state index < -0.39 is 15.7 Å². The van der Waals surface area contributed by atoms with Crippen LogP contribution in [0.4, 0.5) is 0 Å². The van der Waals surface area contributed by atoms with E-state index in [1.165, 1.54) is 23.8 Å². The predicted molar refractivity (Wildman–Crippen MR) is 127 cm³/mol. The van der Waals surface area contributed by atoms with Crippen molar-refractivity contribution in [3.8, 4) is 28.4 Å². The Morgan fingerprint density at radius 1 is 0.818 bits per heavy atom. The Bertz CT molecular complexity index is 1490. The number of nitrogens with zero attached hydrogens (tertiary/aromatic N) is 1. The molecular weight excluding hydrogens is 442 g/mol. The lowest BCUT2D eigenvalue weighted by molar-refractivity contribution is 0.415. The predicted octanol–water partition coefficient (Wildman–Crippen LogP) is 4.30. The third-order valence-corrected chi connectivity index (χ3v) is 6.67. The van der Waals surface area contributed by atoms with Crippen LogP contribution >= 0.6 is 0 Å². The van der Waals surface area contributed by atoms with Crippen molar-refractivity contribution in [3.63, 3.8) is 0 Å². The van der Waals surface area contributed by atoms with Gasteiger partial charge in [-0.2, -0.15) is 8.42 Å². The third-order valence-electron chi connectivity index (χ3n) is 5.44. The molecule has 0 atom stereocenters. The zero-order valence-electron chi connectivity index (χ0n) is 18.7. The summed E-state index contributed by atoms with van der Waals surface area (Å²) in [5, 5.41) is 0.458. The van der Waals surface area contributed by atoms with Gasteiger partial charge in [0.05, 0.1) is 25.3 Å². The average molecular weight is 466 g/mol. The van der Waals surface area contributed by atoms with Gasteiger partial charge in [0.25, 0.3) is 5.56 Å². The van der Waals surface area contributed by atoms with Gasteiger partial charge in [0.15, 0.2) is 5.75 Å². The number of benzene rings is 3. The van der Waals surface area contributed by atoms with Crippen LogP contribution in [0, 0.1) is 6.92 Å². The van der Waals surface area contributed by atoms with Crippen molar-refractivity contribution in [2.75, 3.05) is 14.2 Å². The lowest BCUT2D eigenvalue weighted by Gasteiger charge is -2.17. The zero-order valence-corrected chi connectivity index (χ0v) is 19.5. The third kappa shape index (κ3) is 4.17. The van der Waals surface area contributed by atoms with E-state index >= 15 is 0 Å². The van der Waals surface area contributed by atoms with Crippen molar-refractivity contribution >= 4 is 21.0 Å². The van der Waals surface area contributed by atoms with Gasteiger partial charge in [-0.25, -0.2) is 0 Å². The van der Waals surface area contributed by atoms with E-state index in [2.05, 4.69) is 0 Å². The van der Waals surface area contributed by atoms with E-state index in [0.29, 0.717) is 28.0 Å². The van der Waals surface area contributed by atoms with Crippen molar-refractivity contribution in [1.82, 2.24) is 4.57 Å². The van der Waals surface area contributed by atoms with Crippen molar-refractivity contribution in [1.29, 1.82) is 0 Å². The summed E-state index contributed by atoms with van der Waals surface area (Å²) in [5.41, 5.74) is 1.62. The first-order valence-electron chi connectivity index (χ1n) is 10.1. The monoisotopic (exact) mass is 465 g/mol. The quantitative estimate of drug-likeness (QED) is 0.395. The molecule has 0 spiro atoms. The van der Waals surface area contributed by atoms with Gasteiger partial charge in [-0.1, -0.05) is 29.8 Å². The number of pyridine rings is 1. The maximum Gasteiger partial charge on any atom is 0.339 e. The molecule has 7 nitrogen and oxygen atoms in total. The summed E-state index contributed by atoms with van der Waals surface area (Å²) in [6, 6.07) is 18.1. The number of ether oxygens (including phenoxy) is 2. The fourth-order valence-corrected chi connectivity index (χ4v) is 4.54. The molecule has 4 rings (SSSR count). The molecule has 0 amide bonds. The van der Waals surface area contributed by atoms with Crippen LogP contribution in [0.5, 0.6) is 17.2 Å². The van der Waals surface area contributed by atoms with Gasteiger partial charge in [-0.05, 0) is 48.9 Å². The summed E-state index contributed by atoms with van der Waals surface area (Å²) in [5.74, 6) is 1.10. The molecule has 0 aliphatic carbocycles. The van der Waals surface area contributed by atoms with Gasteiger partial charge in [-0.3, -0.25) is 4.79 Å². The van der Waals surface area contributed by atoms with E-state index in [-0.39, 0.29) is 16.2 Å². The van der Waals surface area contributed by atoms with E-state index in [9.17, 15) is 13.2 Å². The number of fused-ring (bicyclic) bond motifs is 1. The summed E-state index contributed by atoms with van der Waals surface area (Å²) in [4.78, 5) is 13.4. The standard InChI is InChI=1S/C25H23NO6S/c1-16-5-12-20(13-6-16)33(28,29)32-24-21-14-11-19(31-4)15-22(21)26(2)25(27)23(24)17-7-9-18(30-3)10-8-17/h5-15H,1-4H3. The number of hydrogen-bond acceptors (Lipinski definition) is 6. The molecule has 0 saturated heterocycles. The second-order valence-corrected chi connectivity index (χ2v) is 9.08. The molecule has 0 saturated carbocycles. The second-order valence-electron chi connectivity index (χ2n) is 7.53. The van der Waals surface area contributed by atoms with E-state index in [0.717, 1.165) is 5.56 Å². The molecule has 0 aliphatic heterocycles. The molecule has 3 aromatic carbocycles. The van der Waals surface area contributed by atoms with Crippen LogP contribution in [0.15, 0.2) is 76.4 Å². The molecule has 1 heterocycles. The van der Waals surface area contributed by atoms with Crippen molar-refractivity contribution in [2.45, 2.75) is 11.8 Å². The largest absolute Gasteiger partial charge is 0.497 e. The molecule has 0 N–H and O–H groups in total. The van der Waals surface area contributed by atoms with Crippen molar-refractivity contribution < 1.29 is 22.1 Å². The first-order chi connectivity index (χ1) is 15.7. The van der Waals surface area contributed by atoms with Crippen molar-refractivity contribution in [2.24, 2.45) is 7.05 Å². The smallest absolute Gasteiger partial charge is 0.339 e. The van der Waals surface area contributed by atoms with Crippen LogP contribution in [0.1, 0.15) is 5.56 Å². The number of hydrogen-bond donors (Lipinski definition) is 0. The van der Waals surface area contributed by atoms with Crippen LogP contribution in [0.3, 0.4) is 0 Å². The highest BCUT2D eigenvalue weighted by atomic mass is 32.2. The number of aryl methyl sites for hydroxylation is 2. The normalized spacial score (nSPS) is 11.4. The minimum absolute atomic E-state index is 0.00359. The lowest BCUT2D eigenvalue weighted by Crippen LogP contribution is -2.22. The van der Waals surface area contributed by atoms with E-state index in [4.69, 9.17) is 13.7 Å². The molecule has 0 unspecified atom stereocenters. The number of aromatic nitrogens is 1. The fourth-order valence-electron chi connectivity index (χ4n) is 3.58. The average Bonchev–Trinajstić information content (AvgIpc) is 2.82. The minimum atomic E-state index is -4.21. The second kappa shape index (κ2) is 8.63.